The molecule has 0 saturated heterocycles. The van der Waals surface area contributed by atoms with Crippen LogP contribution >= 0.6 is 0 Å². The highest BCUT2D eigenvalue weighted by molar-refractivity contribution is 7.20. The van der Waals surface area contributed by atoms with E-state index in [0.717, 1.165) is 22.7 Å². The maximum atomic E-state index is 6.23. The van der Waals surface area contributed by atoms with Crippen LogP contribution in [-0.4, -0.2) is 8.07 Å². The Hall–Kier alpha value is -3.70. The van der Waals surface area contributed by atoms with E-state index in [9.17, 15) is 0 Å². The Morgan fingerprint density at radius 3 is 1.10 bits per heavy atom. The Kier molecular flexibility index (Phi) is 4.74. The smallest absolute Gasteiger partial charge is 0.179 e. The molecule has 0 fully saturated rings. The highest BCUT2D eigenvalue weighted by Gasteiger charge is 2.41. The molecule has 0 saturated carbocycles. The van der Waals surface area contributed by atoms with Gasteiger partial charge in [0.2, 0.25) is 0 Å². The molecule has 0 unspecified atom stereocenters. The number of benzene rings is 4. The Bertz CT molecular complexity index is 1050. The third-order valence-electron chi connectivity index (χ3n) is 5.33. The fourth-order valence-corrected chi connectivity index (χ4v) is 8.80. The molecule has 0 aliphatic heterocycles. The van der Waals surface area contributed by atoms with E-state index < -0.39 is 8.07 Å². The first-order valence-corrected chi connectivity index (χ1v) is 11.4. The van der Waals surface area contributed by atoms with E-state index in [4.69, 9.17) is 22.9 Å². The molecular weight excluding hydrogens is 372 g/mol. The van der Waals surface area contributed by atoms with Crippen molar-refractivity contribution in [3.63, 3.8) is 0 Å². The molecule has 0 atom stereocenters. The molecule has 4 rings (SSSR count). The summed E-state index contributed by atoms with van der Waals surface area (Å²) in [7, 11) is -2.68. The van der Waals surface area contributed by atoms with E-state index in [1.54, 1.807) is 0 Å². The largest absolute Gasteiger partial charge is 0.399 e. The van der Waals surface area contributed by atoms with Gasteiger partial charge in [0.25, 0.3) is 0 Å². The van der Waals surface area contributed by atoms with E-state index in [0.29, 0.717) is 0 Å². The molecule has 0 aromatic heterocycles. The van der Waals surface area contributed by atoms with Gasteiger partial charge in [0.1, 0.15) is 0 Å². The minimum Gasteiger partial charge on any atom is -0.399 e. The van der Waals surface area contributed by atoms with Gasteiger partial charge in [0.15, 0.2) is 8.07 Å². The van der Waals surface area contributed by atoms with Crippen molar-refractivity contribution in [3.8, 4) is 0 Å². The third-order valence-corrected chi connectivity index (χ3v) is 10.1. The van der Waals surface area contributed by atoms with Gasteiger partial charge < -0.3 is 22.9 Å². The molecule has 8 N–H and O–H groups in total. The van der Waals surface area contributed by atoms with Crippen LogP contribution in [0.1, 0.15) is 0 Å². The van der Waals surface area contributed by atoms with Crippen molar-refractivity contribution in [1.82, 2.24) is 0 Å². The van der Waals surface area contributed by atoms with Crippen LogP contribution in [0.15, 0.2) is 97.1 Å². The molecule has 5 heteroatoms. The molecule has 0 bridgehead atoms. The molecule has 4 nitrogen and oxygen atoms in total. The number of rotatable bonds is 4. The average molecular weight is 397 g/mol. The molecule has 0 heterocycles. The Morgan fingerprint density at radius 1 is 0.379 bits per heavy atom. The first-order chi connectivity index (χ1) is 14.0. The topological polar surface area (TPSA) is 104 Å². The molecule has 0 aliphatic carbocycles. The predicted molar refractivity (Wildman–Crippen MR) is 128 cm³/mol. The van der Waals surface area contributed by atoms with E-state index in [-0.39, 0.29) is 0 Å². The summed E-state index contributed by atoms with van der Waals surface area (Å²) in [6.07, 6.45) is 0. The zero-order valence-electron chi connectivity index (χ0n) is 16.0. The summed E-state index contributed by atoms with van der Waals surface area (Å²) in [6.45, 7) is 0. The number of hydrogen-bond acceptors (Lipinski definition) is 4. The van der Waals surface area contributed by atoms with E-state index >= 15 is 0 Å². The van der Waals surface area contributed by atoms with Gasteiger partial charge in [-0.05, 0) is 69.3 Å². The van der Waals surface area contributed by atoms with Gasteiger partial charge in [-0.3, -0.25) is 0 Å². The lowest BCUT2D eigenvalue weighted by Gasteiger charge is -2.34. The summed E-state index contributed by atoms with van der Waals surface area (Å²) in [5.41, 5.74) is 27.4. The highest BCUT2D eigenvalue weighted by atomic mass is 28.3. The van der Waals surface area contributed by atoms with Crippen LogP contribution < -0.4 is 43.7 Å². The van der Waals surface area contributed by atoms with Gasteiger partial charge in [-0.25, -0.2) is 0 Å². The third kappa shape index (κ3) is 3.32. The van der Waals surface area contributed by atoms with Crippen LogP contribution in [0.2, 0.25) is 0 Å². The minimum atomic E-state index is -2.68. The maximum Gasteiger partial charge on any atom is 0.179 e. The van der Waals surface area contributed by atoms with E-state index in [1.807, 2.05) is 48.5 Å². The fraction of sp³-hybridized carbons (Fsp3) is 0. The van der Waals surface area contributed by atoms with Gasteiger partial charge in [0, 0.05) is 22.7 Å². The first kappa shape index (κ1) is 18.7. The van der Waals surface area contributed by atoms with Crippen molar-refractivity contribution in [3.05, 3.63) is 97.1 Å². The summed E-state index contributed by atoms with van der Waals surface area (Å²) in [4.78, 5) is 0. The minimum absolute atomic E-state index is 0.731. The zero-order chi connectivity index (χ0) is 20.4. The Morgan fingerprint density at radius 2 is 0.759 bits per heavy atom. The lowest BCUT2D eigenvalue weighted by molar-refractivity contribution is 1.64. The van der Waals surface area contributed by atoms with Crippen LogP contribution in [0.3, 0.4) is 0 Å². The maximum absolute atomic E-state index is 6.23. The van der Waals surface area contributed by atoms with Crippen molar-refractivity contribution in [2.24, 2.45) is 0 Å². The Balaban J connectivity index is 2.15. The number of anilines is 4. The van der Waals surface area contributed by atoms with Crippen LogP contribution in [0, 0.1) is 0 Å². The zero-order valence-corrected chi connectivity index (χ0v) is 17.0. The molecule has 0 aliphatic rings. The van der Waals surface area contributed by atoms with Gasteiger partial charge >= 0.3 is 0 Å². The molecule has 0 amide bonds. The standard InChI is InChI=1S/C24H24N4Si/c25-17-7-11-21(12-8-17)29(22-13-9-18(26)10-14-22,23-5-1-3-19(27)15-23)24-6-2-4-20(28)16-24/h1-16H,25-28H2. The van der Waals surface area contributed by atoms with Gasteiger partial charge in [0.05, 0.1) is 0 Å². The van der Waals surface area contributed by atoms with Crippen LogP contribution in [0.25, 0.3) is 0 Å². The summed E-state index contributed by atoms with van der Waals surface area (Å²) < 4.78 is 0. The second-order valence-corrected chi connectivity index (χ2v) is 11.1. The number of nitrogen functional groups attached to an aromatic ring is 4. The number of hydrogen-bond donors (Lipinski definition) is 4. The van der Waals surface area contributed by atoms with E-state index in [2.05, 4.69) is 48.5 Å². The monoisotopic (exact) mass is 396 g/mol. The van der Waals surface area contributed by atoms with Gasteiger partial charge in [-0.15, -0.1) is 0 Å². The van der Waals surface area contributed by atoms with Crippen LogP contribution in [0.4, 0.5) is 22.7 Å². The summed E-state index contributed by atoms with van der Waals surface area (Å²) in [5.74, 6) is 0. The van der Waals surface area contributed by atoms with Crippen molar-refractivity contribution in [2.75, 3.05) is 22.9 Å². The second kappa shape index (κ2) is 7.37. The van der Waals surface area contributed by atoms with Crippen molar-refractivity contribution in [1.29, 1.82) is 0 Å². The molecule has 4 aromatic rings. The summed E-state index contributed by atoms with van der Waals surface area (Å²) in [6, 6.07) is 32.5. The van der Waals surface area contributed by atoms with Crippen molar-refractivity contribution >= 4 is 51.6 Å². The lowest BCUT2D eigenvalue weighted by Crippen LogP contribution is -2.74. The number of nitrogens with two attached hydrogens (primary N) is 4. The Labute approximate surface area is 171 Å². The van der Waals surface area contributed by atoms with E-state index in [1.165, 1.54) is 20.7 Å². The van der Waals surface area contributed by atoms with Crippen LogP contribution in [-0.2, 0) is 0 Å². The molecule has 0 spiro atoms. The first-order valence-electron chi connectivity index (χ1n) is 9.44. The van der Waals surface area contributed by atoms with Crippen LogP contribution in [0.5, 0.6) is 0 Å². The quantitative estimate of drug-likeness (QED) is 0.238. The molecule has 4 aromatic carbocycles. The van der Waals surface area contributed by atoms with Gasteiger partial charge in [-0.1, -0.05) is 48.5 Å². The predicted octanol–water partition coefficient (Wildman–Crippen LogP) is 1.39. The van der Waals surface area contributed by atoms with Gasteiger partial charge in [-0.2, -0.15) is 0 Å². The molecular formula is C24H24N4Si. The molecule has 29 heavy (non-hydrogen) atoms. The van der Waals surface area contributed by atoms with Crippen molar-refractivity contribution < 1.29 is 0 Å². The second-order valence-electron chi connectivity index (χ2n) is 7.24. The normalized spacial score (nSPS) is 11.3. The lowest BCUT2D eigenvalue weighted by atomic mass is 10.3. The molecule has 144 valence electrons. The molecule has 0 radical (unpaired) electrons. The summed E-state index contributed by atoms with van der Waals surface area (Å²) in [5, 5.41) is 4.76. The fourth-order valence-electron chi connectivity index (χ4n) is 4.01. The highest BCUT2D eigenvalue weighted by Crippen LogP contribution is 2.14. The van der Waals surface area contributed by atoms with Crippen molar-refractivity contribution in [2.45, 2.75) is 0 Å². The SMILES string of the molecule is Nc1ccc([Si](c2ccc(N)cc2)(c2cccc(N)c2)c2cccc(N)c2)cc1. The summed E-state index contributed by atoms with van der Waals surface area (Å²) >= 11 is 0. The average Bonchev–Trinajstić information content (AvgIpc) is 2.71.